The van der Waals surface area contributed by atoms with Gasteiger partial charge >= 0.3 is 0 Å². The fourth-order valence-corrected chi connectivity index (χ4v) is 2.36. The number of piperidine rings is 1. The minimum Gasteiger partial charge on any atom is -0.335 e. The van der Waals surface area contributed by atoms with Crippen LogP contribution >= 0.6 is 0 Å². The minimum absolute atomic E-state index is 0.0605. The highest BCUT2D eigenvalue weighted by molar-refractivity contribution is 5.88. The van der Waals surface area contributed by atoms with Crippen LogP contribution in [0, 0.1) is 0 Å². The van der Waals surface area contributed by atoms with Crippen molar-refractivity contribution >= 4 is 11.7 Å². The summed E-state index contributed by atoms with van der Waals surface area (Å²) in [4.78, 5) is 25.1. The van der Waals surface area contributed by atoms with Gasteiger partial charge in [-0.3, -0.25) is 9.59 Å². The Labute approximate surface area is 114 Å². The molecule has 0 spiro atoms. The number of Topliss-reactive ketones (excluding diaryl/α,β-unsaturated/α-hetero) is 1. The summed E-state index contributed by atoms with van der Waals surface area (Å²) in [6, 6.07) is 8.18. The van der Waals surface area contributed by atoms with E-state index in [9.17, 15) is 9.59 Å². The number of hydrogen-bond acceptors (Lipinski definition) is 2. The smallest absolute Gasteiger partial charge is 0.227 e. The summed E-state index contributed by atoms with van der Waals surface area (Å²) in [5, 5.41) is 0. The standard InChI is InChI=1S/C16H21NO2/c1-12(2)14-7-5-13(6-8-14)10-16(19)17-9-3-4-15(18)11-17/h5-8,12H,3-4,9-11H2,1-2H3. The van der Waals surface area contributed by atoms with Crippen LogP contribution in [0.3, 0.4) is 0 Å². The third-order valence-electron chi connectivity index (χ3n) is 3.61. The molecule has 0 unspecified atom stereocenters. The molecular weight excluding hydrogens is 238 g/mol. The molecule has 2 rings (SSSR count). The fraction of sp³-hybridized carbons (Fsp3) is 0.500. The molecule has 1 fully saturated rings. The predicted molar refractivity (Wildman–Crippen MR) is 75.1 cm³/mol. The van der Waals surface area contributed by atoms with Crippen LogP contribution in [-0.4, -0.2) is 29.7 Å². The molecule has 0 aliphatic carbocycles. The van der Waals surface area contributed by atoms with Gasteiger partial charge in [-0.25, -0.2) is 0 Å². The van der Waals surface area contributed by atoms with Crippen molar-refractivity contribution in [3.63, 3.8) is 0 Å². The number of benzene rings is 1. The van der Waals surface area contributed by atoms with Gasteiger partial charge in [-0.15, -0.1) is 0 Å². The zero-order chi connectivity index (χ0) is 13.8. The molecule has 0 radical (unpaired) electrons. The zero-order valence-corrected chi connectivity index (χ0v) is 11.7. The highest BCUT2D eigenvalue weighted by Crippen LogP contribution is 2.16. The first kappa shape index (κ1) is 13.8. The van der Waals surface area contributed by atoms with Crippen LogP contribution in [0.5, 0.6) is 0 Å². The van der Waals surface area contributed by atoms with Crippen LogP contribution in [0.25, 0.3) is 0 Å². The molecule has 1 aromatic carbocycles. The van der Waals surface area contributed by atoms with Gasteiger partial charge in [0.15, 0.2) is 5.78 Å². The molecule has 1 aromatic rings. The molecule has 0 bridgehead atoms. The van der Waals surface area contributed by atoms with Crippen molar-refractivity contribution in [2.75, 3.05) is 13.1 Å². The van der Waals surface area contributed by atoms with Gasteiger partial charge in [0.05, 0.1) is 13.0 Å². The molecule has 0 atom stereocenters. The summed E-state index contributed by atoms with van der Waals surface area (Å²) in [5.41, 5.74) is 2.30. The fourth-order valence-electron chi connectivity index (χ4n) is 2.36. The zero-order valence-electron chi connectivity index (χ0n) is 11.7. The second-order valence-electron chi connectivity index (χ2n) is 5.53. The summed E-state index contributed by atoms with van der Waals surface area (Å²) in [5.74, 6) is 0.740. The molecule has 1 aliphatic heterocycles. The SMILES string of the molecule is CC(C)c1ccc(CC(=O)N2CCCC(=O)C2)cc1. The number of amides is 1. The normalized spacial score (nSPS) is 15.9. The van der Waals surface area contributed by atoms with E-state index < -0.39 is 0 Å². The van der Waals surface area contributed by atoms with Crippen LogP contribution in [0.15, 0.2) is 24.3 Å². The van der Waals surface area contributed by atoms with Gasteiger partial charge in [-0.2, -0.15) is 0 Å². The van der Waals surface area contributed by atoms with E-state index in [-0.39, 0.29) is 11.7 Å². The molecular formula is C16H21NO2. The van der Waals surface area contributed by atoms with Crippen molar-refractivity contribution in [2.45, 2.75) is 39.0 Å². The Bertz CT molecular complexity index is 462. The lowest BCUT2D eigenvalue weighted by atomic mass is 10.0. The summed E-state index contributed by atoms with van der Waals surface area (Å²) >= 11 is 0. The number of hydrogen-bond donors (Lipinski definition) is 0. The molecule has 0 saturated carbocycles. The Morgan fingerprint density at radius 1 is 1.26 bits per heavy atom. The lowest BCUT2D eigenvalue weighted by Crippen LogP contribution is -2.40. The van der Waals surface area contributed by atoms with Crippen LogP contribution in [-0.2, 0) is 16.0 Å². The van der Waals surface area contributed by atoms with Crippen LogP contribution < -0.4 is 0 Å². The molecule has 1 amide bonds. The van der Waals surface area contributed by atoms with Gasteiger partial charge in [-0.05, 0) is 23.5 Å². The maximum atomic E-state index is 12.1. The van der Waals surface area contributed by atoms with E-state index >= 15 is 0 Å². The van der Waals surface area contributed by atoms with Gasteiger partial charge in [0, 0.05) is 13.0 Å². The van der Waals surface area contributed by atoms with Crippen molar-refractivity contribution in [2.24, 2.45) is 0 Å². The third-order valence-corrected chi connectivity index (χ3v) is 3.61. The molecule has 0 N–H and O–H groups in total. The summed E-state index contributed by atoms with van der Waals surface area (Å²) in [6.45, 7) is 5.32. The summed E-state index contributed by atoms with van der Waals surface area (Å²) < 4.78 is 0. The van der Waals surface area contributed by atoms with Crippen LogP contribution in [0.4, 0.5) is 0 Å². The second-order valence-corrected chi connectivity index (χ2v) is 5.53. The van der Waals surface area contributed by atoms with Crippen molar-refractivity contribution in [3.05, 3.63) is 35.4 Å². The average molecular weight is 259 g/mol. The predicted octanol–water partition coefficient (Wildman–Crippen LogP) is 2.54. The van der Waals surface area contributed by atoms with Gasteiger partial charge in [0.1, 0.15) is 0 Å². The maximum absolute atomic E-state index is 12.1. The molecule has 3 heteroatoms. The van der Waals surface area contributed by atoms with Crippen molar-refractivity contribution in [1.82, 2.24) is 4.90 Å². The minimum atomic E-state index is 0.0605. The van der Waals surface area contributed by atoms with E-state index in [0.717, 1.165) is 12.0 Å². The highest BCUT2D eigenvalue weighted by atomic mass is 16.2. The van der Waals surface area contributed by atoms with E-state index in [1.807, 2.05) is 12.1 Å². The van der Waals surface area contributed by atoms with Crippen LogP contribution in [0.1, 0.15) is 43.7 Å². The number of rotatable bonds is 3. The van der Waals surface area contributed by atoms with Gasteiger partial charge in [0.25, 0.3) is 0 Å². The molecule has 3 nitrogen and oxygen atoms in total. The molecule has 1 saturated heterocycles. The first-order valence-corrected chi connectivity index (χ1v) is 6.94. The molecule has 0 aromatic heterocycles. The second kappa shape index (κ2) is 6.00. The average Bonchev–Trinajstić information content (AvgIpc) is 2.39. The number of likely N-dealkylation sites (tertiary alicyclic amines) is 1. The van der Waals surface area contributed by atoms with Crippen molar-refractivity contribution < 1.29 is 9.59 Å². The van der Waals surface area contributed by atoms with Gasteiger partial charge < -0.3 is 4.90 Å². The number of ketones is 1. The molecule has 102 valence electrons. The van der Waals surface area contributed by atoms with E-state index in [1.165, 1.54) is 5.56 Å². The van der Waals surface area contributed by atoms with E-state index in [4.69, 9.17) is 0 Å². The van der Waals surface area contributed by atoms with Gasteiger partial charge in [-0.1, -0.05) is 38.1 Å². The topological polar surface area (TPSA) is 37.4 Å². The Hall–Kier alpha value is -1.64. The molecule has 19 heavy (non-hydrogen) atoms. The summed E-state index contributed by atoms with van der Waals surface area (Å²) in [7, 11) is 0. The van der Waals surface area contributed by atoms with Crippen LogP contribution in [0.2, 0.25) is 0 Å². The Morgan fingerprint density at radius 3 is 2.53 bits per heavy atom. The summed E-state index contributed by atoms with van der Waals surface area (Å²) in [6.07, 6.45) is 1.81. The lowest BCUT2D eigenvalue weighted by Gasteiger charge is -2.25. The Kier molecular flexibility index (Phi) is 4.35. The van der Waals surface area contributed by atoms with E-state index in [1.54, 1.807) is 4.90 Å². The molecule has 1 heterocycles. The Morgan fingerprint density at radius 2 is 1.95 bits per heavy atom. The largest absolute Gasteiger partial charge is 0.335 e. The first-order chi connectivity index (χ1) is 9.06. The monoisotopic (exact) mass is 259 g/mol. The van der Waals surface area contributed by atoms with E-state index in [2.05, 4.69) is 26.0 Å². The van der Waals surface area contributed by atoms with Gasteiger partial charge in [0.2, 0.25) is 5.91 Å². The highest BCUT2D eigenvalue weighted by Gasteiger charge is 2.21. The van der Waals surface area contributed by atoms with Crippen molar-refractivity contribution in [3.8, 4) is 0 Å². The quantitative estimate of drug-likeness (QED) is 0.836. The third kappa shape index (κ3) is 3.66. The number of carbonyl (C=O) groups excluding carboxylic acids is 2. The number of carbonyl (C=O) groups is 2. The molecule has 1 aliphatic rings. The Balaban J connectivity index is 1.96. The lowest BCUT2D eigenvalue weighted by molar-refractivity contribution is -0.137. The number of nitrogens with zero attached hydrogens (tertiary/aromatic N) is 1. The van der Waals surface area contributed by atoms with Crippen molar-refractivity contribution in [1.29, 1.82) is 0 Å². The first-order valence-electron chi connectivity index (χ1n) is 6.94. The van der Waals surface area contributed by atoms with E-state index in [0.29, 0.717) is 31.8 Å². The maximum Gasteiger partial charge on any atom is 0.227 e.